The van der Waals surface area contributed by atoms with Crippen molar-refractivity contribution < 1.29 is 14.6 Å². The van der Waals surface area contributed by atoms with E-state index in [9.17, 15) is 5.11 Å². The number of methoxy groups -OCH3 is 1. The molecule has 0 bridgehead atoms. The Balaban J connectivity index is 2.22. The van der Waals surface area contributed by atoms with E-state index in [1.807, 2.05) is 18.2 Å². The van der Waals surface area contributed by atoms with Crippen molar-refractivity contribution in [3.8, 4) is 11.5 Å². The van der Waals surface area contributed by atoms with E-state index in [-0.39, 0.29) is 0 Å². The van der Waals surface area contributed by atoms with E-state index in [0.717, 1.165) is 10.0 Å². The molecule has 0 aliphatic carbocycles. The highest BCUT2D eigenvalue weighted by molar-refractivity contribution is 9.10. The van der Waals surface area contributed by atoms with Crippen LogP contribution in [-0.4, -0.2) is 12.2 Å². The van der Waals surface area contributed by atoms with Gasteiger partial charge in [0.2, 0.25) is 0 Å². The summed E-state index contributed by atoms with van der Waals surface area (Å²) in [4.78, 5) is 0. The van der Waals surface area contributed by atoms with Gasteiger partial charge in [0.05, 0.1) is 13.2 Å². The van der Waals surface area contributed by atoms with E-state index in [4.69, 9.17) is 21.1 Å². The summed E-state index contributed by atoms with van der Waals surface area (Å²) in [6.45, 7) is 2.01. The molecule has 0 spiro atoms. The van der Waals surface area contributed by atoms with Crippen molar-refractivity contribution in [1.82, 2.24) is 0 Å². The summed E-state index contributed by atoms with van der Waals surface area (Å²) in [5.41, 5.74) is 1.59. The molecule has 2 rings (SSSR count). The van der Waals surface area contributed by atoms with Crippen LogP contribution in [0, 0.1) is 0 Å². The molecule has 21 heavy (non-hydrogen) atoms. The normalized spacial score (nSPS) is 12.0. The maximum Gasteiger partial charge on any atom is 0.129 e. The van der Waals surface area contributed by atoms with Crippen LogP contribution in [0.4, 0.5) is 0 Å². The maximum absolute atomic E-state index is 9.80. The number of hydrogen-bond donors (Lipinski definition) is 1. The highest BCUT2D eigenvalue weighted by Gasteiger charge is 2.11. The average Bonchev–Trinajstić information content (AvgIpc) is 2.45. The highest BCUT2D eigenvalue weighted by Crippen LogP contribution is 2.31. The summed E-state index contributed by atoms with van der Waals surface area (Å²) in [6.07, 6.45) is -0.619. The molecule has 0 fully saturated rings. The average molecular weight is 372 g/mol. The lowest BCUT2D eigenvalue weighted by Gasteiger charge is -2.15. The maximum atomic E-state index is 9.80. The number of aliphatic hydroxyl groups excluding tert-OH is 1. The first-order chi connectivity index (χ1) is 10.0. The van der Waals surface area contributed by atoms with Crippen LogP contribution in [0.15, 0.2) is 40.9 Å². The molecule has 0 aliphatic rings. The van der Waals surface area contributed by atoms with Gasteiger partial charge in [0.1, 0.15) is 18.1 Å². The standard InChI is InChI=1S/C16H16BrClO3/c1-10(19)14-6-5-13(20-2)8-16(14)21-9-11-3-4-12(17)7-15(11)18/h3-8,10,19H,9H2,1-2H3. The van der Waals surface area contributed by atoms with E-state index in [0.29, 0.717) is 28.7 Å². The molecular formula is C16H16BrClO3. The first-order valence-electron chi connectivity index (χ1n) is 6.44. The lowest BCUT2D eigenvalue weighted by atomic mass is 10.1. The number of rotatable bonds is 5. The zero-order valence-electron chi connectivity index (χ0n) is 11.8. The minimum absolute atomic E-state index is 0.318. The van der Waals surface area contributed by atoms with Gasteiger partial charge in [0.25, 0.3) is 0 Å². The number of hydrogen-bond acceptors (Lipinski definition) is 3. The topological polar surface area (TPSA) is 38.7 Å². The smallest absolute Gasteiger partial charge is 0.129 e. The van der Waals surface area contributed by atoms with Crippen molar-refractivity contribution >= 4 is 27.5 Å². The van der Waals surface area contributed by atoms with Crippen LogP contribution in [0.1, 0.15) is 24.2 Å². The molecule has 112 valence electrons. The van der Waals surface area contributed by atoms with Gasteiger partial charge < -0.3 is 14.6 Å². The lowest BCUT2D eigenvalue weighted by Crippen LogP contribution is -2.02. The number of benzene rings is 2. The number of aliphatic hydroxyl groups is 1. The minimum Gasteiger partial charge on any atom is -0.497 e. The fourth-order valence-electron chi connectivity index (χ4n) is 1.91. The Morgan fingerprint density at radius 2 is 2.00 bits per heavy atom. The third-order valence-corrected chi connectivity index (χ3v) is 3.91. The zero-order valence-corrected chi connectivity index (χ0v) is 14.1. The Hall–Kier alpha value is -1.23. The van der Waals surface area contributed by atoms with Crippen LogP contribution in [0.25, 0.3) is 0 Å². The Morgan fingerprint density at radius 3 is 2.62 bits per heavy atom. The van der Waals surface area contributed by atoms with Crippen LogP contribution in [0.5, 0.6) is 11.5 Å². The van der Waals surface area contributed by atoms with E-state index in [2.05, 4.69) is 15.9 Å². The second-order valence-corrected chi connectivity index (χ2v) is 5.93. The fraction of sp³-hybridized carbons (Fsp3) is 0.250. The fourth-order valence-corrected chi connectivity index (χ4v) is 2.63. The molecule has 2 aromatic rings. The van der Waals surface area contributed by atoms with Crippen LogP contribution < -0.4 is 9.47 Å². The first kappa shape index (κ1) is 16.1. The molecule has 0 heterocycles. The van der Waals surface area contributed by atoms with Gasteiger partial charge >= 0.3 is 0 Å². The van der Waals surface area contributed by atoms with Crippen molar-refractivity contribution in [2.45, 2.75) is 19.6 Å². The van der Waals surface area contributed by atoms with E-state index in [1.54, 1.807) is 32.2 Å². The summed E-state index contributed by atoms with van der Waals surface area (Å²) in [5, 5.41) is 10.4. The monoisotopic (exact) mass is 370 g/mol. The quantitative estimate of drug-likeness (QED) is 0.825. The largest absolute Gasteiger partial charge is 0.497 e. The van der Waals surface area contributed by atoms with E-state index in [1.165, 1.54) is 0 Å². The van der Waals surface area contributed by atoms with Crippen LogP contribution in [0.3, 0.4) is 0 Å². The number of halogens is 2. The minimum atomic E-state index is -0.619. The molecule has 5 heteroatoms. The summed E-state index contributed by atoms with van der Waals surface area (Å²) in [6, 6.07) is 11.0. The molecule has 0 saturated heterocycles. The SMILES string of the molecule is COc1ccc(C(C)O)c(OCc2ccc(Br)cc2Cl)c1. The molecule has 1 atom stereocenters. The van der Waals surface area contributed by atoms with Gasteiger partial charge in [0, 0.05) is 26.7 Å². The first-order valence-corrected chi connectivity index (χ1v) is 7.61. The second-order valence-electron chi connectivity index (χ2n) is 4.60. The Labute approximate surface area is 137 Å². The summed E-state index contributed by atoms with van der Waals surface area (Å²) in [5.74, 6) is 1.26. The molecule has 2 aromatic carbocycles. The predicted octanol–water partition coefficient (Wildman–Crippen LogP) is 4.74. The van der Waals surface area contributed by atoms with Crippen molar-refractivity contribution in [3.63, 3.8) is 0 Å². The lowest BCUT2D eigenvalue weighted by molar-refractivity contribution is 0.190. The third kappa shape index (κ3) is 4.13. The van der Waals surface area contributed by atoms with Crippen molar-refractivity contribution in [1.29, 1.82) is 0 Å². The summed E-state index contributed by atoms with van der Waals surface area (Å²) < 4.78 is 11.9. The van der Waals surface area contributed by atoms with Crippen molar-refractivity contribution in [2.24, 2.45) is 0 Å². The Bertz CT molecular complexity index is 629. The van der Waals surface area contributed by atoms with Gasteiger partial charge in [-0.1, -0.05) is 33.6 Å². The van der Waals surface area contributed by atoms with E-state index >= 15 is 0 Å². The van der Waals surface area contributed by atoms with Gasteiger partial charge in [-0.15, -0.1) is 0 Å². The van der Waals surface area contributed by atoms with Gasteiger partial charge in [-0.3, -0.25) is 0 Å². The molecule has 0 amide bonds. The summed E-state index contributed by atoms with van der Waals surface area (Å²) in [7, 11) is 1.59. The molecule has 0 saturated carbocycles. The van der Waals surface area contributed by atoms with Crippen molar-refractivity contribution in [3.05, 3.63) is 57.0 Å². The molecule has 0 aliphatic heterocycles. The molecule has 1 unspecified atom stereocenters. The van der Waals surface area contributed by atoms with Crippen LogP contribution in [0.2, 0.25) is 5.02 Å². The molecule has 1 N–H and O–H groups in total. The van der Waals surface area contributed by atoms with Gasteiger partial charge in [-0.05, 0) is 31.2 Å². The Kier molecular flexibility index (Phi) is 5.51. The molecular weight excluding hydrogens is 356 g/mol. The van der Waals surface area contributed by atoms with Gasteiger partial charge in [-0.2, -0.15) is 0 Å². The van der Waals surface area contributed by atoms with Gasteiger partial charge in [-0.25, -0.2) is 0 Å². The predicted molar refractivity (Wildman–Crippen MR) is 87.1 cm³/mol. The molecule has 0 aromatic heterocycles. The summed E-state index contributed by atoms with van der Waals surface area (Å²) >= 11 is 9.54. The number of ether oxygens (including phenoxy) is 2. The van der Waals surface area contributed by atoms with Crippen LogP contribution >= 0.6 is 27.5 Å². The van der Waals surface area contributed by atoms with Crippen molar-refractivity contribution in [2.75, 3.05) is 7.11 Å². The zero-order chi connectivity index (χ0) is 15.4. The Morgan fingerprint density at radius 1 is 1.24 bits per heavy atom. The third-order valence-electron chi connectivity index (χ3n) is 3.07. The highest BCUT2D eigenvalue weighted by atomic mass is 79.9. The van der Waals surface area contributed by atoms with Gasteiger partial charge in [0.15, 0.2) is 0 Å². The molecule has 3 nitrogen and oxygen atoms in total. The van der Waals surface area contributed by atoms with E-state index < -0.39 is 6.10 Å². The second kappa shape index (κ2) is 7.16. The molecule has 0 radical (unpaired) electrons. The van der Waals surface area contributed by atoms with Crippen LogP contribution in [-0.2, 0) is 6.61 Å².